The van der Waals surface area contributed by atoms with E-state index in [9.17, 15) is 14.0 Å². The topological polar surface area (TPSA) is 34.1 Å². The van der Waals surface area contributed by atoms with Gasteiger partial charge in [0.15, 0.2) is 11.6 Å². The van der Waals surface area contributed by atoms with Crippen molar-refractivity contribution in [1.82, 2.24) is 0 Å². The summed E-state index contributed by atoms with van der Waals surface area (Å²) in [6.07, 6.45) is 1.48. The van der Waals surface area contributed by atoms with Gasteiger partial charge in [-0.2, -0.15) is 0 Å². The molecule has 4 rings (SSSR count). The van der Waals surface area contributed by atoms with E-state index in [1.807, 2.05) is 24.3 Å². The molecule has 3 aromatic rings. The molecule has 0 bridgehead atoms. The smallest absolute Gasteiger partial charge is 0.194 e. The van der Waals surface area contributed by atoms with Gasteiger partial charge in [-0.05, 0) is 34.9 Å². The zero-order valence-corrected chi connectivity index (χ0v) is 13.2. The fraction of sp³-hybridized carbons (Fsp3) is 0. The zero-order valence-electron chi connectivity index (χ0n) is 13.2. The molecule has 1 aliphatic rings. The van der Waals surface area contributed by atoms with Crippen LogP contribution in [0.5, 0.6) is 0 Å². The number of rotatable bonds is 2. The van der Waals surface area contributed by atoms with Gasteiger partial charge in [-0.1, -0.05) is 60.7 Å². The van der Waals surface area contributed by atoms with Crippen molar-refractivity contribution in [3.05, 3.63) is 113 Å². The quantitative estimate of drug-likeness (QED) is 0.395. The second-order valence-corrected chi connectivity index (χ2v) is 5.85. The highest BCUT2D eigenvalue weighted by Gasteiger charge is 2.26. The summed E-state index contributed by atoms with van der Waals surface area (Å²) in [5.41, 5.74) is 3.53. The Morgan fingerprint density at radius 1 is 0.760 bits per heavy atom. The van der Waals surface area contributed by atoms with Crippen molar-refractivity contribution >= 4 is 17.1 Å². The SMILES string of the molecule is O=C(C=C1c2ccccc2C(=O)c2ccccc21)c1cccc(F)c1. The Balaban J connectivity index is 1.91. The lowest BCUT2D eigenvalue weighted by Crippen LogP contribution is -2.15. The Hall–Kier alpha value is -3.33. The van der Waals surface area contributed by atoms with Crippen LogP contribution < -0.4 is 0 Å². The number of allylic oxidation sites excluding steroid dienone is 1. The Bertz CT molecular complexity index is 996. The first-order valence-electron chi connectivity index (χ1n) is 7.90. The fourth-order valence-corrected chi connectivity index (χ4v) is 3.13. The van der Waals surface area contributed by atoms with E-state index in [1.165, 1.54) is 24.3 Å². The first kappa shape index (κ1) is 15.2. The van der Waals surface area contributed by atoms with E-state index < -0.39 is 5.82 Å². The Kier molecular flexibility index (Phi) is 3.62. The average Bonchev–Trinajstić information content (AvgIpc) is 2.65. The lowest BCUT2D eigenvalue weighted by Gasteiger charge is -2.21. The van der Waals surface area contributed by atoms with Crippen molar-refractivity contribution in [1.29, 1.82) is 0 Å². The number of carbonyl (C=O) groups excluding carboxylic acids is 2. The molecule has 0 fully saturated rings. The molecule has 3 aromatic carbocycles. The summed E-state index contributed by atoms with van der Waals surface area (Å²) in [7, 11) is 0. The van der Waals surface area contributed by atoms with Crippen molar-refractivity contribution < 1.29 is 14.0 Å². The molecule has 0 N–H and O–H groups in total. The van der Waals surface area contributed by atoms with Crippen molar-refractivity contribution in [3.63, 3.8) is 0 Å². The highest BCUT2D eigenvalue weighted by atomic mass is 19.1. The van der Waals surface area contributed by atoms with E-state index in [2.05, 4.69) is 0 Å². The summed E-state index contributed by atoms with van der Waals surface area (Å²) in [5.74, 6) is -0.807. The predicted molar refractivity (Wildman–Crippen MR) is 94.1 cm³/mol. The summed E-state index contributed by atoms with van der Waals surface area (Å²) < 4.78 is 13.4. The second kappa shape index (κ2) is 5.95. The molecule has 0 amide bonds. The van der Waals surface area contributed by atoms with Crippen LogP contribution in [0.3, 0.4) is 0 Å². The molecule has 0 unspecified atom stereocenters. The van der Waals surface area contributed by atoms with E-state index in [4.69, 9.17) is 0 Å². The van der Waals surface area contributed by atoms with Crippen LogP contribution in [-0.4, -0.2) is 11.6 Å². The van der Waals surface area contributed by atoms with Gasteiger partial charge in [-0.15, -0.1) is 0 Å². The molecule has 3 heteroatoms. The van der Waals surface area contributed by atoms with Gasteiger partial charge >= 0.3 is 0 Å². The number of hydrogen-bond acceptors (Lipinski definition) is 2. The van der Waals surface area contributed by atoms with Gasteiger partial charge < -0.3 is 0 Å². The Morgan fingerprint density at radius 2 is 1.32 bits per heavy atom. The van der Waals surface area contributed by atoms with Crippen LogP contribution in [0.2, 0.25) is 0 Å². The maximum atomic E-state index is 13.4. The molecule has 120 valence electrons. The number of halogens is 1. The summed E-state index contributed by atoms with van der Waals surface area (Å²) >= 11 is 0. The van der Waals surface area contributed by atoms with E-state index in [0.29, 0.717) is 16.7 Å². The molecule has 0 saturated carbocycles. The Morgan fingerprint density at radius 3 is 1.88 bits per heavy atom. The first-order valence-corrected chi connectivity index (χ1v) is 7.90. The molecule has 2 nitrogen and oxygen atoms in total. The largest absolute Gasteiger partial charge is 0.289 e. The standard InChI is InChI=1S/C22H13FO2/c23-15-7-5-6-14(12-15)21(24)13-20-16-8-1-3-10-18(16)22(25)19-11-4-2-9-17(19)20/h1-13H. The Labute approximate surface area is 144 Å². The minimum atomic E-state index is -0.455. The van der Waals surface area contributed by atoms with Crippen LogP contribution in [0.4, 0.5) is 4.39 Å². The highest BCUT2D eigenvalue weighted by molar-refractivity contribution is 6.21. The molecule has 1 aliphatic carbocycles. The van der Waals surface area contributed by atoms with Crippen LogP contribution in [0.15, 0.2) is 78.9 Å². The summed E-state index contributed by atoms with van der Waals surface area (Å²) in [6, 6.07) is 20.0. The van der Waals surface area contributed by atoms with E-state index in [1.54, 1.807) is 30.3 Å². The minimum Gasteiger partial charge on any atom is -0.289 e. The third-order valence-corrected chi connectivity index (χ3v) is 4.31. The van der Waals surface area contributed by atoms with Gasteiger partial charge in [-0.3, -0.25) is 9.59 Å². The maximum absolute atomic E-state index is 13.4. The fourth-order valence-electron chi connectivity index (χ4n) is 3.13. The molecular formula is C22H13FO2. The third kappa shape index (κ3) is 2.60. The highest BCUT2D eigenvalue weighted by Crippen LogP contribution is 2.35. The number of fused-ring (bicyclic) bond motifs is 2. The van der Waals surface area contributed by atoms with Gasteiger partial charge in [0.05, 0.1) is 0 Å². The number of ketones is 2. The molecule has 0 saturated heterocycles. The van der Waals surface area contributed by atoms with Gasteiger partial charge in [0.2, 0.25) is 0 Å². The van der Waals surface area contributed by atoms with E-state index in [-0.39, 0.29) is 17.1 Å². The molecule has 0 aliphatic heterocycles. The van der Waals surface area contributed by atoms with E-state index >= 15 is 0 Å². The molecule has 0 aromatic heterocycles. The normalized spacial score (nSPS) is 12.4. The van der Waals surface area contributed by atoms with E-state index in [0.717, 1.165) is 11.1 Å². The molecule has 0 atom stereocenters. The molecule has 0 heterocycles. The lowest BCUT2D eigenvalue weighted by molar-refractivity contribution is 0.103. The third-order valence-electron chi connectivity index (χ3n) is 4.31. The minimum absolute atomic E-state index is 0.0541. The second-order valence-electron chi connectivity index (χ2n) is 5.85. The van der Waals surface area contributed by atoms with Gasteiger partial charge in [0, 0.05) is 16.7 Å². The van der Waals surface area contributed by atoms with Crippen molar-refractivity contribution in [2.24, 2.45) is 0 Å². The molecule has 0 spiro atoms. The molecule has 25 heavy (non-hydrogen) atoms. The van der Waals surface area contributed by atoms with Crippen LogP contribution in [0.25, 0.3) is 5.57 Å². The zero-order chi connectivity index (χ0) is 17.4. The van der Waals surface area contributed by atoms with Crippen LogP contribution in [0.1, 0.15) is 37.4 Å². The van der Waals surface area contributed by atoms with Crippen LogP contribution in [-0.2, 0) is 0 Å². The lowest BCUT2D eigenvalue weighted by atomic mass is 9.80. The van der Waals surface area contributed by atoms with Crippen molar-refractivity contribution in [3.8, 4) is 0 Å². The van der Waals surface area contributed by atoms with Crippen molar-refractivity contribution in [2.45, 2.75) is 0 Å². The average molecular weight is 328 g/mol. The summed E-state index contributed by atoms with van der Waals surface area (Å²) in [5, 5.41) is 0. The maximum Gasteiger partial charge on any atom is 0.194 e. The monoisotopic (exact) mass is 328 g/mol. The van der Waals surface area contributed by atoms with Crippen LogP contribution >= 0.6 is 0 Å². The molecule has 0 radical (unpaired) electrons. The van der Waals surface area contributed by atoms with Crippen molar-refractivity contribution in [2.75, 3.05) is 0 Å². The summed E-state index contributed by atoms with van der Waals surface area (Å²) in [4.78, 5) is 25.3. The number of carbonyl (C=O) groups is 2. The predicted octanol–water partition coefficient (Wildman–Crippen LogP) is 4.68. The number of benzene rings is 3. The molecular weight excluding hydrogens is 315 g/mol. The number of hydrogen-bond donors (Lipinski definition) is 0. The van der Waals surface area contributed by atoms with Gasteiger partial charge in [0.25, 0.3) is 0 Å². The summed E-state index contributed by atoms with van der Waals surface area (Å²) in [6.45, 7) is 0. The first-order chi connectivity index (χ1) is 12.1. The van der Waals surface area contributed by atoms with Gasteiger partial charge in [0.1, 0.15) is 5.82 Å². The van der Waals surface area contributed by atoms with Gasteiger partial charge in [-0.25, -0.2) is 4.39 Å². The van der Waals surface area contributed by atoms with Crippen LogP contribution in [0, 0.1) is 5.82 Å².